The van der Waals surface area contributed by atoms with Crippen LogP contribution in [0.15, 0.2) is 54.6 Å². The third-order valence-electron chi connectivity index (χ3n) is 3.02. The van der Waals surface area contributed by atoms with E-state index in [0.717, 1.165) is 11.3 Å². The zero-order valence-electron chi connectivity index (χ0n) is 10.8. The molecule has 0 radical (unpaired) electrons. The molecule has 21 heavy (non-hydrogen) atoms. The molecule has 1 N–H and O–H groups in total. The highest BCUT2D eigenvalue weighted by atomic mass is 35.5. The lowest BCUT2D eigenvalue weighted by molar-refractivity contribution is 0.628. The highest BCUT2D eigenvalue weighted by Crippen LogP contribution is 2.24. The maximum Gasteiger partial charge on any atom is 0.141 e. The van der Waals surface area contributed by atoms with Gasteiger partial charge in [0.2, 0.25) is 0 Å². The number of benzene rings is 2. The summed E-state index contributed by atoms with van der Waals surface area (Å²) in [6.07, 6.45) is 0. The molecule has 0 aliphatic carbocycles. The van der Waals surface area contributed by atoms with Gasteiger partial charge in [-0.15, -0.1) is 0 Å². The van der Waals surface area contributed by atoms with Crippen LogP contribution in [0.4, 0.5) is 4.39 Å². The molecule has 3 rings (SSSR count). The number of H-pyrrole nitrogens is 1. The minimum absolute atomic E-state index is 0.0544. The molecule has 3 aromatic rings. The SMILES string of the molecule is Fc1ccc(-c2nc(=S)cc(-c3ccccc3)[nH]2)cc1Cl. The van der Waals surface area contributed by atoms with Gasteiger partial charge in [-0.3, -0.25) is 0 Å². The Morgan fingerprint density at radius 3 is 2.48 bits per heavy atom. The fourth-order valence-electron chi connectivity index (χ4n) is 2.01. The van der Waals surface area contributed by atoms with Crippen molar-refractivity contribution < 1.29 is 4.39 Å². The molecule has 0 aliphatic rings. The first-order chi connectivity index (χ1) is 10.1. The minimum Gasteiger partial charge on any atom is -0.339 e. The quantitative estimate of drug-likeness (QED) is 0.653. The summed E-state index contributed by atoms with van der Waals surface area (Å²) in [4.78, 5) is 7.48. The molecule has 0 bridgehead atoms. The molecule has 0 fully saturated rings. The van der Waals surface area contributed by atoms with Crippen molar-refractivity contribution in [3.63, 3.8) is 0 Å². The Hall–Kier alpha value is -2.04. The van der Waals surface area contributed by atoms with Gasteiger partial charge in [-0.05, 0) is 29.8 Å². The van der Waals surface area contributed by atoms with E-state index in [1.807, 2.05) is 30.3 Å². The molecule has 2 aromatic carbocycles. The van der Waals surface area contributed by atoms with Crippen molar-refractivity contribution in [2.75, 3.05) is 0 Å². The van der Waals surface area contributed by atoms with Crippen LogP contribution in [0.3, 0.4) is 0 Å². The molecule has 0 atom stereocenters. The van der Waals surface area contributed by atoms with E-state index in [1.165, 1.54) is 12.1 Å². The van der Waals surface area contributed by atoms with Gasteiger partial charge in [0.25, 0.3) is 0 Å². The van der Waals surface area contributed by atoms with Crippen molar-refractivity contribution in [2.45, 2.75) is 0 Å². The maximum absolute atomic E-state index is 13.3. The number of aromatic amines is 1. The largest absolute Gasteiger partial charge is 0.339 e. The number of nitrogens with one attached hydrogen (secondary N) is 1. The van der Waals surface area contributed by atoms with Crippen LogP contribution in [0.1, 0.15) is 0 Å². The van der Waals surface area contributed by atoms with Crippen LogP contribution in [0.5, 0.6) is 0 Å². The number of nitrogens with zero attached hydrogens (tertiary/aromatic N) is 1. The molecule has 0 spiro atoms. The van der Waals surface area contributed by atoms with Gasteiger partial charge in [-0.1, -0.05) is 54.2 Å². The van der Waals surface area contributed by atoms with E-state index in [9.17, 15) is 4.39 Å². The number of aromatic nitrogens is 2. The first kappa shape index (κ1) is 13.9. The van der Waals surface area contributed by atoms with Crippen molar-refractivity contribution in [1.29, 1.82) is 0 Å². The molecular formula is C16H10ClFN2S. The second-order valence-electron chi connectivity index (χ2n) is 4.48. The van der Waals surface area contributed by atoms with E-state index in [1.54, 1.807) is 12.1 Å². The molecule has 1 heterocycles. The fraction of sp³-hybridized carbons (Fsp3) is 0. The Bertz CT molecular complexity index is 846. The lowest BCUT2D eigenvalue weighted by atomic mass is 10.1. The van der Waals surface area contributed by atoms with Crippen molar-refractivity contribution in [1.82, 2.24) is 9.97 Å². The van der Waals surface area contributed by atoms with Gasteiger partial charge in [-0.25, -0.2) is 9.37 Å². The third-order valence-corrected chi connectivity index (χ3v) is 3.52. The first-order valence-corrected chi connectivity index (χ1v) is 7.04. The molecule has 0 amide bonds. The van der Waals surface area contributed by atoms with E-state index in [4.69, 9.17) is 23.8 Å². The summed E-state index contributed by atoms with van der Waals surface area (Å²) in [5.74, 6) is 0.0986. The van der Waals surface area contributed by atoms with Crippen LogP contribution < -0.4 is 0 Å². The summed E-state index contributed by atoms with van der Waals surface area (Å²) in [6, 6.07) is 16.0. The van der Waals surface area contributed by atoms with Crippen LogP contribution in [-0.4, -0.2) is 9.97 Å². The summed E-state index contributed by atoms with van der Waals surface area (Å²) in [5.41, 5.74) is 2.54. The van der Waals surface area contributed by atoms with E-state index in [0.29, 0.717) is 16.0 Å². The van der Waals surface area contributed by atoms with Gasteiger partial charge in [-0.2, -0.15) is 0 Å². The lowest BCUT2D eigenvalue weighted by Gasteiger charge is -2.07. The molecule has 0 saturated carbocycles. The van der Waals surface area contributed by atoms with E-state index in [-0.39, 0.29) is 5.02 Å². The predicted octanol–water partition coefficient (Wildman–Crippen LogP) is 5.27. The van der Waals surface area contributed by atoms with Gasteiger partial charge in [0.05, 0.1) is 5.02 Å². The van der Waals surface area contributed by atoms with Gasteiger partial charge in [0.1, 0.15) is 16.3 Å². The van der Waals surface area contributed by atoms with Crippen molar-refractivity contribution >= 4 is 23.8 Å². The van der Waals surface area contributed by atoms with Gasteiger partial charge < -0.3 is 4.98 Å². The Morgan fingerprint density at radius 2 is 1.76 bits per heavy atom. The Balaban J connectivity index is 2.14. The predicted molar refractivity (Wildman–Crippen MR) is 85.3 cm³/mol. The van der Waals surface area contributed by atoms with Crippen LogP contribution in [0.2, 0.25) is 5.02 Å². The summed E-state index contributed by atoms with van der Waals surface area (Å²) < 4.78 is 13.7. The molecule has 0 aliphatic heterocycles. The maximum atomic E-state index is 13.3. The topological polar surface area (TPSA) is 28.7 Å². The summed E-state index contributed by atoms with van der Waals surface area (Å²) in [7, 11) is 0. The molecule has 1 aromatic heterocycles. The van der Waals surface area contributed by atoms with Gasteiger partial charge in [0.15, 0.2) is 0 Å². The number of halogens is 2. The fourth-order valence-corrected chi connectivity index (χ4v) is 2.40. The monoisotopic (exact) mass is 316 g/mol. The summed E-state index contributed by atoms with van der Waals surface area (Å²) >= 11 is 11.0. The van der Waals surface area contributed by atoms with E-state index < -0.39 is 5.82 Å². The standard InChI is InChI=1S/C16H10ClFN2S/c17-12-8-11(6-7-13(12)18)16-19-14(9-15(21)20-16)10-4-2-1-3-5-10/h1-9H,(H,19,20,21). The molecule has 5 heteroatoms. The highest BCUT2D eigenvalue weighted by Gasteiger charge is 2.07. The summed E-state index contributed by atoms with van der Waals surface area (Å²) in [6.45, 7) is 0. The minimum atomic E-state index is -0.460. The smallest absolute Gasteiger partial charge is 0.141 e. The molecule has 0 saturated heterocycles. The van der Waals surface area contributed by atoms with Crippen molar-refractivity contribution in [3.05, 3.63) is 70.1 Å². The first-order valence-electron chi connectivity index (χ1n) is 6.26. The van der Waals surface area contributed by atoms with Crippen LogP contribution in [-0.2, 0) is 0 Å². The number of hydrogen-bond acceptors (Lipinski definition) is 2. The number of rotatable bonds is 2. The van der Waals surface area contributed by atoms with Gasteiger partial charge in [0, 0.05) is 11.3 Å². The van der Waals surface area contributed by atoms with Crippen LogP contribution in [0.25, 0.3) is 22.6 Å². The average molecular weight is 317 g/mol. The second-order valence-corrected chi connectivity index (χ2v) is 5.30. The third kappa shape index (κ3) is 3.01. The normalized spacial score (nSPS) is 10.6. The van der Waals surface area contributed by atoms with Crippen LogP contribution >= 0.6 is 23.8 Å². The molecular weight excluding hydrogens is 307 g/mol. The Labute approximate surface area is 131 Å². The Morgan fingerprint density at radius 1 is 1.00 bits per heavy atom. The molecule has 2 nitrogen and oxygen atoms in total. The molecule has 0 unspecified atom stereocenters. The van der Waals surface area contributed by atoms with Crippen molar-refractivity contribution in [3.8, 4) is 22.6 Å². The average Bonchev–Trinajstić information content (AvgIpc) is 2.50. The molecule has 104 valence electrons. The summed E-state index contributed by atoms with van der Waals surface area (Å²) in [5, 5.41) is 0.0544. The Kier molecular flexibility index (Phi) is 3.82. The number of hydrogen-bond donors (Lipinski definition) is 1. The zero-order chi connectivity index (χ0) is 14.8. The van der Waals surface area contributed by atoms with E-state index in [2.05, 4.69) is 9.97 Å². The zero-order valence-corrected chi connectivity index (χ0v) is 12.4. The lowest BCUT2D eigenvalue weighted by Crippen LogP contribution is -1.93. The van der Waals surface area contributed by atoms with Crippen LogP contribution in [0, 0.1) is 10.5 Å². The highest BCUT2D eigenvalue weighted by molar-refractivity contribution is 7.71. The van der Waals surface area contributed by atoms with E-state index >= 15 is 0 Å². The van der Waals surface area contributed by atoms with Gasteiger partial charge >= 0.3 is 0 Å². The van der Waals surface area contributed by atoms with Crippen molar-refractivity contribution in [2.24, 2.45) is 0 Å². The second kappa shape index (κ2) is 5.76.